The molecule has 2 aromatic carbocycles. The van der Waals surface area contributed by atoms with Gasteiger partial charge in [-0.15, -0.1) is 11.8 Å². The first-order valence-electron chi connectivity index (χ1n) is 8.43. The Morgan fingerprint density at radius 1 is 1.11 bits per heavy atom. The molecule has 27 heavy (non-hydrogen) atoms. The molecule has 0 aliphatic rings. The Balaban J connectivity index is 1.81. The normalized spacial score (nSPS) is 11.7. The zero-order valence-corrected chi connectivity index (χ0v) is 17.1. The number of aryl methyl sites for hydroxylation is 2. The summed E-state index contributed by atoms with van der Waals surface area (Å²) in [5.74, 6) is 0.708. The lowest BCUT2D eigenvalue weighted by Gasteiger charge is -2.11. The van der Waals surface area contributed by atoms with Crippen molar-refractivity contribution in [3.05, 3.63) is 75.7 Å². The van der Waals surface area contributed by atoms with Crippen LogP contribution in [0.4, 0.5) is 0 Å². The van der Waals surface area contributed by atoms with Crippen molar-refractivity contribution in [2.45, 2.75) is 19.2 Å². The third kappa shape index (κ3) is 4.70. The van der Waals surface area contributed by atoms with Crippen molar-refractivity contribution in [1.82, 2.24) is 19.8 Å². The van der Waals surface area contributed by atoms with Crippen LogP contribution >= 0.6 is 23.5 Å². The van der Waals surface area contributed by atoms with E-state index < -0.39 is 0 Å². The maximum atomic E-state index is 12.3. The molecule has 1 aromatic heterocycles. The quantitative estimate of drug-likeness (QED) is 0.486. The van der Waals surface area contributed by atoms with Gasteiger partial charge in [0.15, 0.2) is 0 Å². The van der Waals surface area contributed by atoms with Crippen LogP contribution in [-0.2, 0) is 19.3 Å². The van der Waals surface area contributed by atoms with Crippen molar-refractivity contribution in [2.24, 2.45) is 12.0 Å². The third-order valence-corrected chi connectivity index (χ3v) is 6.22. The van der Waals surface area contributed by atoms with Crippen LogP contribution in [0.1, 0.15) is 16.7 Å². The fraction of sp³-hybridized carbons (Fsp3) is 0.263. The first-order valence-corrected chi connectivity index (χ1v) is 10.6. The molecule has 1 heterocycles. The Labute approximate surface area is 166 Å². The Bertz CT molecular complexity index is 995. The standard InChI is InChI=1S/C19H21N5OS2/c1-14-8-7-11-17(24-19(25)23(2)21-22-24)16(14)13-27-18(26-3)20-12-15-9-5-4-6-10-15/h4-11H,12-13H2,1-3H3/b20-18-. The van der Waals surface area contributed by atoms with Crippen molar-refractivity contribution >= 4 is 27.9 Å². The van der Waals surface area contributed by atoms with Gasteiger partial charge in [0.25, 0.3) is 0 Å². The molecule has 3 rings (SSSR count). The summed E-state index contributed by atoms with van der Waals surface area (Å²) in [5, 5.41) is 7.80. The van der Waals surface area contributed by atoms with Gasteiger partial charge in [-0.2, -0.15) is 9.36 Å². The lowest BCUT2D eigenvalue weighted by molar-refractivity contribution is 0.692. The van der Waals surface area contributed by atoms with Crippen LogP contribution in [0.15, 0.2) is 58.3 Å². The van der Waals surface area contributed by atoms with Crippen molar-refractivity contribution in [2.75, 3.05) is 6.26 Å². The van der Waals surface area contributed by atoms with E-state index in [9.17, 15) is 4.79 Å². The van der Waals surface area contributed by atoms with E-state index in [1.807, 2.05) is 49.6 Å². The lowest BCUT2D eigenvalue weighted by atomic mass is 10.1. The van der Waals surface area contributed by atoms with Gasteiger partial charge in [-0.3, -0.25) is 4.99 Å². The minimum atomic E-state index is -0.255. The highest BCUT2D eigenvalue weighted by atomic mass is 32.2. The second-order valence-corrected chi connectivity index (χ2v) is 7.95. The third-order valence-electron chi connectivity index (χ3n) is 4.08. The average Bonchev–Trinajstić information content (AvgIpc) is 3.02. The zero-order chi connectivity index (χ0) is 19.2. The van der Waals surface area contributed by atoms with Gasteiger partial charge in [0.2, 0.25) is 0 Å². The molecule has 0 N–H and O–H groups in total. The largest absolute Gasteiger partial charge is 0.368 e. The summed E-state index contributed by atoms with van der Waals surface area (Å²) in [6, 6.07) is 16.1. The van der Waals surface area contributed by atoms with Crippen LogP contribution in [0.5, 0.6) is 0 Å². The molecule has 3 aromatic rings. The zero-order valence-electron chi connectivity index (χ0n) is 15.5. The second kappa shape index (κ2) is 9.05. The van der Waals surface area contributed by atoms with Gasteiger partial charge in [0.1, 0.15) is 4.38 Å². The van der Waals surface area contributed by atoms with Gasteiger partial charge in [-0.25, -0.2) is 4.79 Å². The van der Waals surface area contributed by atoms with Crippen LogP contribution in [0, 0.1) is 6.92 Å². The highest BCUT2D eigenvalue weighted by Gasteiger charge is 2.14. The van der Waals surface area contributed by atoms with E-state index in [1.165, 1.54) is 14.9 Å². The summed E-state index contributed by atoms with van der Waals surface area (Å²) in [6.45, 7) is 2.70. The van der Waals surface area contributed by atoms with E-state index in [-0.39, 0.29) is 5.69 Å². The molecule has 8 heteroatoms. The Hall–Kier alpha value is -2.32. The van der Waals surface area contributed by atoms with Crippen molar-refractivity contribution in [3.63, 3.8) is 0 Å². The summed E-state index contributed by atoms with van der Waals surface area (Å²) >= 11 is 3.31. The monoisotopic (exact) mass is 399 g/mol. The highest BCUT2D eigenvalue weighted by molar-refractivity contribution is 8.38. The Kier molecular flexibility index (Phi) is 6.52. The van der Waals surface area contributed by atoms with E-state index in [2.05, 4.69) is 22.6 Å². The number of tetrazole rings is 1. The summed E-state index contributed by atoms with van der Waals surface area (Å²) in [6.07, 6.45) is 2.03. The van der Waals surface area contributed by atoms with Gasteiger partial charge >= 0.3 is 5.69 Å². The molecular weight excluding hydrogens is 378 g/mol. The predicted molar refractivity (Wildman–Crippen MR) is 114 cm³/mol. The number of benzene rings is 2. The SMILES string of the molecule is CS/C(=N/Cc1ccccc1)SCc1c(C)cccc1-n1nnn(C)c1=O. The number of aliphatic imine (C=N–C) groups is 1. The number of hydrogen-bond acceptors (Lipinski definition) is 6. The van der Waals surface area contributed by atoms with Crippen LogP contribution in [-0.4, -0.2) is 30.4 Å². The molecule has 0 unspecified atom stereocenters. The fourth-order valence-corrected chi connectivity index (χ4v) is 4.22. The molecule has 0 aliphatic heterocycles. The predicted octanol–water partition coefficient (Wildman–Crippen LogP) is 3.43. The van der Waals surface area contributed by atoms with Gasteiger partial charge in [0, 0.05) is 12.8 Å². The lowest BCUT2D eigenvalue weighted by Crippen LogP contribution is -2.23. The molecule has 0 amide bonds. The number of aromatic nitrogens is 4. The molecule has 0 spiro atoms. The van der Waals surface area contributed by atoms with E-state index in [1.54, 1.807) is 30.6 Å². The number of hydrogen-bond donors (Lipinski definition) is 0. The van der Waals surface area contributed by atoms with Crippen molar-refractivity contribution in [1.29, 1.82) is 0 Å². The fourth-order valence-electron chi connectivity index (χ4n) is 2.58. The minimum Gasteiger partial charge on any atom is -0.267 e. The van der Waals surface area contributed by atoms with E-state index in [4.69, 9.17) is 4.99 Å². The maximum absolute atomic E-state index is 12.3. The summed E-state index contributed by atoms with van der Waals surface area (Å²) < 4.78 is 3.59. The van der Waals surface area contributed by atoms with Gasteiger partial charge in [0.05, 0.1) is 12.2 Å². The van der Waals surface area contributed by atoms with Gasteiger partial charge in [-0.05, 0) is 46.4 Å². The molecule has 0 saturated carbocycles. The summed E-state index contributed by atoms with van der Waals surface area (Å²) in [5.41, 5.74) is 3.87. The molecule has 6 nitrogen and oxygen atoms in total. The molecule has 0 radical (unpaired) electrons. The van der Waals surface area contributed by atoms with Crippen molar-refractivity contribution < 1.29 is 0 Å². The topological polar surface area (TPSA) is 65.1 Å². The van der Waals surface area contributed by atoms with Crippen molar-refractivity contribution in [3.8, 4) is 5.69 Å². The summed E-state index contributed by atoms with van der Waals surface area (Å²) in [4.78, 5) is 17.0. The molecule has 0 atom stereocenters. The Morgan fingerprint density at radius 3 is 2.56 bits per heavy atom. The Morgan fingerprint density at radius 2 is 1.89 bits per heavy atom. The summed E-state index contributed by atoms with van der Waals surface area (Å²) in [7, 11) is 1.60. The molecule has 0 saturated heterocycles. The molecule has 0 bridgehead atoms. The maximum Gasteiger partial charge on any atom is 0.368 e. The number of thioether (sulfide) groups is 2. The molecule has 0 fully saturated rings. The molecule has 0 aliphatic carbocycles. The smallest absolute Gasteiger partial charge is 0.267 e. The van der Waals surface area contributed by atoms with E-state index in [0.717, 1.165) is 21.2 Å². The average molecular weight is 400 g/mol. The molecular formula is C19H21N5OS2. The minimum absolute atomic E-state index is 0.255. The van der Waals surface area contributed by atoms with Crippen LogP contribution in [0.2, 0.25) is 0 Å². The molecule has 140 valence electrons. The number of rotatable bonds is 5. The first-order chi connectivity index (χ1) is 13.1. The van der Waals surface area contributed by atoms with E-state index in [0.29, 0.717) is 12.3 Å². The van der Waals surface area contributed by atoms with Gasteiger partial charge < -0.3 is 0 Å². The first kappa shape index (κ1) is 19.4. The highest BCUT2D eigenvalue weighted by Crippen LogP contribution is 2.26. The van der Waals surface area contributed by atoms with Gasteiger partial charge in [-0.1, -0.05) is 54.2 Å². The second-order valence-electron chi connectivity index (χ2n) is 5.93. The van der Waals surface area contributed by atoms with Crippen LogP contribution < -0.4 is 5.69 Å². The van der Waals surface area contributed by atoms with E-state index >= 15 is 0 Å². The number of nitrogens with zero attached hydrogens (tertiary/aromatic N) is 5. The van der Waals surface area contributed by atoms with Crippen LogP contribution in [0.25, 0.3) is 5.69 Å². The van der Waals surface area contributed by atoms with Crippen LogP contribution in [0.3, 0.4) is 0 Å².